The largest absolute Gasteiger partial charge is 0.393 e. The van der Waals surface area contributed by atoms with Crippen LogP contribution in [0.5, 0.6) is 0 Å². The molecule has 0 aromatic carbocycles. The van der Waals surface area contributed by atoms with Crippen LogP contribution in [0.3, 0.4) is 0 Å². The monoisotopic (exact) mass is 226 g/mol. The summed E-state index contributed by atoms with van der Waals surface area (Å²) in [7, 11) is 0. The third-order valence-corrected chi connectivity index (χ3v) is 4.00. The highest BCUT2D eigenvalue weighted by molar-refractivity contribution is 5.86. The molecule has 0 aromatic heterocycles. The van der Waals surface area contributed by atoms with Gasteiger partial charge in [-0.25, -0.2) is 0 Å². The number of aliphatic hydroxyl groups excluding tert-OH is 1. The van der Waals surface area contributed by atoms with Gasteiger partial charge in [-0.3, -0.25) is 4.79 Å². The van der Waals surface area contributed by atoms with Crippen LogP contribution in [0.2, 0.25) is 0 Å². The van der Waals surface area contributed by atoms with E-state index in [1.54, 1.807) is 0 Å². The second-order valence-electron chi connectivity index (χ2n) is 5.41. The summed E-state index contributed by atoms with van der Waals surface area (Å²) in [6.07, 6.45) is 6.41. The summed E-state index contributed by atoms with van der Waals surface area (Å²) in [6, 6.07) is 0. The maximum atomic E-state index is 11.8. The van der Waals surface area contributed by atoms with E-state index < -0.39 is 5.54 Å². The molecule has 0 aliphatic heterocycles. The van der Waals surface area contributed by atoms with Crippen molar-refractivity contribution in [3.05, 3.63) is 0 Å². The normalized spacial score (nSPS) is 32.9. The van der Waals surface area contributed by atoms with Gasteiger partial charge in [-0.15, -0.1) is 0 Å². The fraction of sp³-hybridized carbons (Fsp3) is 0.917. The second kappa shape index (κ2) is 4.72. The molecular formula is C12H22N2O2. The van der Waals surface area contributed by atoms with Gasteiger partial charge in [0.1, 0.15) is 0 Å². The number of aliphatic hydroxyl groups is 1. The first kappa shape index (κ1) is 11.9. The lowest BCUT2D eigenvalue weighted by molar-refractivity contribution is -0.129. The summed E-state index contributed by atoms with van der Waals surface area (Å²) in [6.45, 7) is 0.675. The maximum Gasteiger partial charge on any atom is 0.240 e. The molecule has 4 heteroatoms. The third-order valence-electron chi connectivity index (χ3n) is 4.00. The average molecular weight is 226 g/mol. The summed E-state index contributed by atoms with van der Waals surface area (Å²) >= 11 is 0. The van der Waals surface area contributed by atoms with Crippen molar-refractivity contribution in [3.8, 4) is 0 Å². The van der Waals surface area contributed by atoms with Crippen LogP contribution >= 0.6 is 0 Å². The molecule has 2 rings (SSSR count). The van der Waals surface area contributed by atoms with Gasteiger partial charge in [-0.2, -0.15) is 0 Å². The Morgan fingerprint density at radius 3 is 2.69 bits per heavy atom. The molecule has 1 amide bonds. The molecule has 2 unspecified atom stereocenters. The van der Waals surface area contributed by atoms with Crippen LogP contribution in [0, 0.1) is 5.92 Å². The van der Waals surface area contributed by atoms with E-state index in [-0.39, 0.29) is 12.0 Å². The number of nitrogens with one attached hydrogen (secondary N) is 1. The van der Waals surface area contributed by atoms with Gasteiger partial charge in [0.15, 0.2) is 0 Å². The van der Waals surface area contributed by atoms with E-state index in [2.05, 4.69) is 5.32 Å². The highest BCUT2D eigenvalue weighted by Crippen LogP contribution is 2.29. The Morgan fingerprint density at radius 2 is 2.12 bits per heavy atom. The van der Waals surface area contributed by atoms with Crippen molar-refractivity contribution in [1.29, 1.82) is 0 Å². The zero-order chi connectivity index (χ0) is 11.6. The number of amides is 1. The van der Waals surface area contributed by atoms with E-state index in [9.17, 15) is 9.90 Å². The highest BCUT2D eigenvalue weighted by atomic mass is 16.3. The predicted molar refractivity (Wildman–Crippen MR) is 61.7 cm³/mol. The van der Waals surface area contributed by atoms with Crippen LogP contribution in [0.1, 0.15) is 44.9 Å². The first-order valence-corrected chi connectivity index (χ1v) is 6.35. The van der Waals surface area contributed by atoms with E-state index in [0.29, 0.717) is 12.5 Å². The summed E-state index contributed by atoms with van der Waals surface area (Å²) in [5, 5.41) is 12.5. The molecule has 0 spiro atoms. The maximum absolute atomic E-state index is 11.8. The van der Waals surface area contributed by atoms with Gasteiger partial charge in [0.05, 0.1) is 11.6 Å². The van der Waals surface area contributed by atoms with Gasteiger partial charge in [-0.1, -0.05) is 6.42 Å². The standard InChI is InChI=1S/C12H22N2O2/c13-12(5-2-6-12)11(16)14-8-9-3-1-4-10(15)7-9/h9-10,15H,1-8,13H2,(H,14,16). The van der Waals surface area contributed by atoms with Crippen molar-refractivity contribution in [2.45, 2.75) is 56.6 Å². The van der Waals surface area contributed by atoms with Crippen molar-refractivity contribution in [2.75, 3.05) is 6.54 Å². The van der Waals surface area contributed by atoms with Gasteiger partial charge in [0.2, 0.25) is 5.91 Å². The molecule has 4 nitrogen and oxygen atoms in total. The lowest BCUT2D eigenvalue weighted by Crippen LogP contribution is -2.59. The Kier molecular flexibility index (Phi) is 3.50. The Morgan fingerprint density at radius 1 is 1.38 bits per heavy atom. The Balaban J connectivity index is 1.72. The lowest BCUT2D eigenvalue weighted by Gasteiger charge is -2.37. The Hall–Kier alpha value is -0.610. The SMILES string of the molecule is NC1(C(=O)NCC2CCCC(O)C2)CCC1. The Bertz CT molecular complexity index is 264. The topological polar surface area (TPSA) is 75.4 Å². The molecule has 0 bridgehead atoms. The molecule has 2 aliphatic carbocycles. The molecule has 0 aromatic rings. The molecule has 2 fully saturated rings. The van der Waals surface area contributed by atoms with Crippen LogP contribution in [-0.4, -0.2) is 29.2 Å². The van der Waals surface area contributed by atoms with Gasteiger partial charge >= 0.3 is 0 Å². The van der Waals surface area contributed by atoms with E-state index >= 15 is 0 Å². The summed E-state index contributed by atoms with van der Waals surface area (Å²) < 4.78 is 0. The molecule has 2 aliphatic rings. The molecule has 16 heavy (non-hydrogen) atoms. The molecule has 0 saturated heterocycles. The average Bonchev–Trinajstić information content (AvgIpc) is 2.22. The first-order chi connectivity index (χ1) is 7.60. The van der Waals surface area contributed by atoms with Gasteiger partial charge in [0.25, 0.3) is 0 Å². The molecule has 0 radical (unpaired) electrons. The van der Waals surface area contributed by atoms with Crippen molar-refractivity contribution in [3.63, 3.8) is 0 Å². The van der Waals surface area contributed by atoms with Crippen molar-refractivity contribution >= 4 is 5.91 Å². The van der Waals surface area contributed by atoms with Crippen molar-refractivity contribution in [2.24, 2.45) is 11.7 Å². The van der Waals surface area contributed by atoms with E-state index in [1.807, 2.05) is 0 Å². The fourth-order valence-electron chi connectivity index (χ4n) is 2.65. The number of hydrogen-bond donors (Lipinski definition) is 3. The minimum atomic E-state index is -0.590. The Labute approximate surface area is 96.6 Å². The lowest BCUT2D eigenvalue weighted by atomic mass is 9.77. The molecule has 0 heterocycles. The number of rotatable bonds is 3. The predicted octanol–water partition coefficient (Wildman–Crippen LogP) is 0.535. The minimum absolute atomic E-state index is 0.00110. The molecule has 2 atom stereocenters. The van der Waals surface area contributed by atoms with Crippen LogP contribution < -0.4 is 11.1 Å². The van der Waals surface area contributed by atoms with Crippen LogP contribution in [-0.2, 0) is 4.79 Å². The summed E-state index contributed by atoms with van der Waals surface area (Å²) in [5.41, 5.74) is 5.34. The van der Waals surface area contributed by atoms with Gasteiger partial charge < -0.3 is 16.2 Å². The van der Waals surface area contributed by atoms with Crippen molar-refractivity contribution in [1.82, 2.24) is 5.32 Å². The quantitative estimate of drug-likeness (QED) is 0.657. The van der Waals surface area contributed by atoms with Crippen LogP contribution in [0.4, 0.5) is 0 Å². The first-order valence-electron chi connectivity index (χ1n) is 6.35. The second-order valence-corrected chi connectivity index (χ2v) is 5.41. The fourth-order valence-corrected chi connectivity index (χ4v) is 2.65. The molecule has 4 N–H and O–H groups in total. The zero-order valence-electron chi connectivity index (χ0n) is 9.74. The molecule has 92 valence electrons. The van der Waals surface area contributed by atoms with E-state index in [0.717, 1.165) is 44.9 Å². The number of hydrogen-bond acceptors (Lipinski definition) is 3. The zero-order valence-corrected chi connectivity index (χ0v) is 9.74. The van der Waals surface area contributed by atoms with E-state index in [1.165, 1.54) is 0 Å². The van der Waals surface area contributed by atoms with Crippen LogP contribution in [0.25, 0.3) is 0 Å². The van der Waals surface area contributed by atoms with Gasteiger partial charge in [-0.05, 0) is 44.4 Å². The van der Waals surface area contributed by atoms with E-state index in [4.69, 9.17) is 5.73 Å². The minimum Gasteiger partial charge on any atom is -0.393 e. The third kappa shape index (κ3) is 2.55. The number of carbonyl (C=O) groups excluding carboxylic acids is 1. The summed E-state index contributed by atoms with van der Waals surface area (Å²) in [4.78, 5) is 11.8. The highest BCUT2D eigenvalue weighted by Gasteiger charge is 2.40. The van der Waals surface area contributed by atoms with Crippen molar-refractivity contribution < 1.29 is 9.90 Å². The van der Waals surface area contributed by atoms with Crippen LogP contribution in [0.15, 0.2) is 0 Å². The summed E-state index contributed by atoms with van der Waals surface area (Å²) in [5.74, 6) is 0.426. The smallest absolute Gasteiger partial charge is 0.240 e. The molecule has 2 saturated carbocycles. The molecular weight excluding hydrogens is 204 g/mol. The number of nitrogens with two attached hydrogens (primary N) is 1. The van der Waals surface area contributed by atoms with Gasteiger partial charge in [0, 0.05) is 6.54 Å². The number of carbonyl (C=O) groups is 1.